The molecule has 2 aromatic heterocycles. The molecule has 0 spiro atoms. The van der Waals surface area contributed by atoms with Crippen molar-refractivity contribution in [3.05, 3.63) is 40.6 Å². The minimum absolute atomic E-state index is 0.141. The topological polar surface area (TPSA) is 97.4 Å². The minimum atomic E-state index is -1.13. The molecule has 0 atom stereocenters. The number of furan rings is 1. The number of carbonyl (C=O) groups excluding carboxylic acids is 1. The summed E-state index contributed by atoms with van der Waals surface area (Å²) in [5, 5.41) is 15.7. The third-order valence-electron chi connectivity index (χ3n) is 3.33. The van der Waals surface area contributed by atoms with E-state index in [1.807, 2.05) is 20.9 Å². The first kappa shape index (κ1) is 14.8. The number of carboxylic acids is 1. The Bertz CT molecular complexity index is 684. The van der Waals surface area contributed by atoms with Crippen LogP contribution in [0.25, 0.3) is 0 Å². The molecule has 0 aliphatic carbocycles. The number of carbonyl (C=O) groups is 2. The molecular weight excluding hydrogens is 274 g/mol. The fraction of sp³-hybridized carbons (Fsp3) is 0.357. The van der Waals surface area contributed by atoms with Crippen molar-refractivity contribution in [3.63, 3.8) is 0 Å². The van der Waals surface area contributed by atoms with Gasteiger partial charge in [0.15, 0.2) is 0 Å². The van der Waals surface area contributed by atoms with Crippen molar-refractivity contribution in [3.8, 4) is 0 Å². The molecule has 0 aromatic carbocycles. The molecule has 2 heterocycles. The average Bonchev–Trinajstić information content (AvgIpc) is 2.98. The van der Waals surface area contributed by atoms with Crippen LogP contribution in [0.1, 0.15) is 33.3 Å². The van der Waals surface area contributed by atoms with Gasteiger partial charge in [0.1, 0.15) is 5.76 Å². The number of aryl methyl sites for hydroxylation is 2. The van der Waals surface area contributed by atoms with Crippen LogP contribution in [0.15, 0.2) is 16.5 Å². The molecule has 2 rings (SSSR count). The Balaban J connectivity index is 1.94. The first-order chi connectivity index (χ1) is 9.88. The second kappa shape index (κ2) is 5.82. The van der Waals surface area contributed by atoms with Crippen LogP contribution in [0.4, 0.5) is 0 Å². The van der Waals surface area contributed by atoms with Crippen LogP contribution in [-0.2, 0) is 24.8 Å². The van der Waals surface area contributed by atoms with Gasteiger partial charge < -0.3 is 14.8 Å². The normalized spacial score (nSPS) is 10.6. The smallest absolute Gasteiger partial charge is 0.371 e. The molecule has 0 bridgehead atoms. The van der Waals surface area contributed by atoms with Gasteiger partial charge in [0, 0.05) is 18.3 Å². The van der Waals surface area contributed by atoms with E-state index in [9.17, 15) is 9.59 Å². The standard InChI is InChI=1S/C14H17N3O4/c1-8-11(9(2)17(3)16-8)6-13(18)15-7-10-4-5-12(21-10)14(19)20/h4-5H,6-7H2,1-3H3,(H,15,18)(H,19,20). The molecular formula is C14H17N3O4. The largest absolute Gasteiger partial charge is 0.475 e. The molecule has 112 valence electrons. The highest BCUT2D eigenvalue weighted by atomic mass is 16.4. The molecule has 0 unspecified atom stereocenters. The Morgan fingerprint density at radius 1 is 1.38 bits per heavy atom. The zero-order valence-corrected chi connectivity index (χ0v) is 12.1. The maximum Gasteiger partial charge on any atom is 0.371 e. The summed E-state index contributed by atoms with van der Waals surface area (Å²) >= 11 is 0. The Kier molecular flexibility index (Phi) is 4.11. The number of amides is 1. The second-order valence-corrected chi connectivity index (χ2v) is 4.80. The van der Waals surface area contributed by atoms with Crippen LogP contribution in [0.2, 0.25) is 0 Å². The average molecular weight is 291 g/mol. The van der Waals surface area contributed by atoms with Gasteiger partial charge in [0.25, 0.3) is 0 Å². The number of nitrogens with zero attached hydrogens (tertiary/aromatic N) is 2. The highest BCUT2D eigenvalue weighted by Crippen LogP contribution is 2.13. The minimum Gasteiger partial charge on any atom is -0.475 e. The van der Waals surface area contributed by atoms with E-state index in [0.717, 1.165) is 17.0 Å². The quantitative estimate of drug-likeness (QED) is 0.862. The lowest BCUT2D eigenvalue weighted by molar-refractivity contribution is -0.120. The highest BCUT2D eigenvalue weighted by Gasteiger charge is 2.14. The van der Waals surface area contributed by atoms with Gasteiger partial charge in [0.05, 0.1) is 18.7 Å². The molecule has 0 radical (unpaired) electrons. The number of carboxylic acid groups (broad SMARTS) is 1. The van der Waals surface area contributed by atoms with Gasteiger partial charge in [0.2, 0.25) is 11.7 Å². The van der Waals surface area contributed by atoms with Gasteiger partial charge in [-0.3, -0.25) is 9.48 Å². The Morgan fingerprint density at radius 2 is 2.10 bits per heavy atom. The third kappa shape index (κ3) is 3.31. The Morgan fingerprint density at radius 3 is 2.62 bits per heavy atom. The van der Waals surface area contributed by atoms with Crippen molar-refractivity contribution < 1.29 is 19.1 Å². The first-order valence-corrected chi connectivity index (χ1v) is 6.46. The van der Waals surface area contributed by atoms with E-state index in [4.69, 9.17) is 9.52 Å². The summed E-state index contributed by atoms with van der Waals surface area (Å²) in [6.07, 6.45) is 0.234. The van der Waals surface area contributed by atoms with Crippen molar-refractivity contribution in [1.29, 1.82) is 0 Å². The molecule has 7 heteroatoms. The SMILES string of the molecule is Cc1nn(C)c(C)c1CC(=O)NCc1ccc(C(=O)O)o1. The lowest BCUT2D eigenvalue weighted by Gasteiger charge is -2.04. The molecule has 0 aliphatic rings. The second-order valence-electron chi connectivity index (χ2n) is 4.80. The zero-order chi connectivity index (χ0) is 15.6. The summed E-state index contributed by atoms with van der Waals surface area (Å²) in [6, 6.07) is 2.89. The number of hydrogen-bond donors (Lipinski definition) is 2. The van der Waals surface area contributed by atoms with Crippen LogP contribution >= 0.6 is 0 Å². The molecule has 2 N–H and O–H groups in total. The van der Waals surface area contributed by atoms with Crippen molar-refractivity contribution in [2.24, 2.45) is 7.05 Å². The fourth-order valence-corrected chi connectivity index (χ4v) is 2.07. The Hall–Kier alpha value is -2.57. The van der Waals surface area contributed by atoms with Gasteiger partial charge in [-0.15, -0.1) is 0 Å². The summed E-state index contributed by atoms with van der Waals surface area (Å²) in [6.45, 7) is 3.93. The third-order valence-corrected chi connectivity index (χ3v) is 3.33. The molecule has 2 aromatic rings. The zero-order valence-electron chi connectivity index (χ0n) is 12.1. The maximum atomic E-state index is 11.9. The summed E-state index contributed by atoms with van der Waals surface area (Å²) < 4.78 is 6.81. The summed E-state index contributed by atoms with van der Waals surface area (Å²) in [5.41, 5.74) is 2.69. The number of hydrogen-bond acceptors (Lipinski definition) is 4. The van der Waals surface area contributed by atoms with E-state index in [-0.39, 0.29) is 24.6 Å². The summed E-state index contributed by atoms with van der Waals surface area (Å²) in [7, 11) is 1.83. The molecule has 0 fully saturated rings. The summed E-state index contributed by atoms with van der Waals surface area (Å²) in [4.78, 5) is 22.6. The molecule has 1 amide bonds. The van der Waals surface area contributed by atoms with Gasteiger partial charge in [-0.2, -0.15) is 5.10 Å². The number of nitrogens with one attached hydrogen (secondary N) is 1. The molecule has 21 heavy (non-hydrogen) atoms. The van der Waals surface area contributed by atoms with Crippen molar-refractivity contribution in [1.82, 2.24) is 15.1 Å². The predicted molar refractivity (Wildman–Crippen MR) is 73.9 cm³/mol. The van der Waals surface area contributed by atoms with Crippen LogP contribution in [0.3, 0.4) is 0 Å². The van der Waals surface area contributed by atoms with Gasteiger partial charge in [-0.1, -0.05) is 0 Å². The number of aromatic nitrogens is 2. The van der Waals surface area contributed by atoms with Crippen molar-refractivity contribution in [2.45, 2.75) is 26.8 Å². The van der Waals surface area contributed by atoms with Crippen molar-refractivity contribution >= 4 is 11.9 Å². The maximum absolute atomic E-state index is 11.9. The number of aromatic carboxylic acids is 1. The highest BCUT2D eigenvalue weighted by molar-refractivity contribution is 5.84. The van der Waals surface area contributed by atoms with Gasteiger partial charge in [-0.25, -0.2) is 4.79 Å². The Labute approximate surface area is 121 Å². The van der Waals surface area contributed by atoms with E-state index in [1.54, 1.807) is 4.68 Å². The molecule has 0 aliphatic heterocycles. The fourth-order valence-electron chi connectivity index (χ4n) is 2.07. The lowest BCUT2D eigenvalue weighted by atomic mass is 10.1. The number of rotatable bonds is 5. The van der Waals surface area contributed by atoms with Crippen LogP contribution in [0, 0.1) is 13.8 Å². The van der Waals surface area contributed by atoms with Gasteiger partial charge >= 0.3 is 5.97 Å². The van der Waals surface area contributed by atoms with Gasteiger partial charge in [-0.05, 0) is 26.0 Å². The van der Waals surface area contributed by atoms with Crippen LogP contribution in [0.5, 0.6) is 0 Å². The van der Waals surface area contributed by atoms with E-state index >= 15 is 0 Å². The van der Waals surface area contributed by atoms with Crippen molar-refractivity contribution in [2.75, 3.05) is 0 Å². The van der Waals surface area contributed by atoms with E-state index in [2.05, 4.69) is 10.4 Å². The lowest BCUT2D eigenvalue weighted by Crippen LogP contribution is -2.24. The first-order valence-electron chi connectivity index (χ1n) is 6.46. The molecule has 0 saturated heterocycles. The molecule has 0 saturated carbocycles. The van der Waals surface area contributed by atoms with Crippen LogP contribution < -0.4 is 5.32 Å². The summed E-state index contributed by atoms with van der Waals surface area (Å²) in [5.74, 6) is -1.03. The predicted octanol–water partition coefficient (Wildman–Crippen LogP) is 1.19. The molecule has 7 nitrogen and oxygen atoms in total. The monoisotopic (exact) mass is 291 g/mol. The van der Waals surface area contributed by atoms with Crippen LogP contribution in [-0.4, -0.2) is 26.8 Å². The van der Waals surface area contributed by atoms with E-state index in [0.29, 0.717) is 5.76 Å². The van der Waals surface area contributed by atoms with E-state index < -0.39 is 5.97 Å². The van der Waals surface area contributed by atoms with E-state index in [1.165, 1.54) is 12.1 Å².